The molecule has 234 valence electrons. The number of benzene rings is 3. The van der Waals surface area contributed by atoms with Crippen LogP contribution in [0.5, 0.6) is 11.5 Å². The molecule has 0 radical (unpaired) electrons. The van der Waals surface area contributed by atoms with Crippen LogP contribution in [0.2, 0.25) is 0 Å². The van der Waals surface area contributed by atoms with E-state index in [9.17, 15) is 19.7 Å². The van der Waals surface area contributed by atoms with Gasteiger partial charge in [0.05, 0.1) is 37.4 Å². The Bertz CT molecular complexity index is 1680. The van der Waals surface area contributed by atoms with Crippen LogP contribution in [-0.2, 0) is 20.9 Å². The number of ether oxygens (including phenoxy) is 3. The van der Waals surface area contributed by atoms with Crippen LogP contribution in [0, 0.1) is 13.7 Å². The van der Waals surface area contributed by atoms with Crippen LogP contribution >= 0.6 is 50.7 Å². The van der Waals surface area contributed by atoms with E-state index in [4.69, 9.17) is 26.4 Å². The van der Waals surface area contributed by atoms with Gasteiger partial charge in [-0.2, -0.15) is 5.10 Å². The van der Waals surface area contributed by atoms with E-state index < -0.39 is 22.8 Å². The fourth-order valence-corrected chi connectivity index (χ4v) is 6.36. The van der Waals surface area contributed by atoms with Crippen molar-refractivity contribution in [1.29, 1.82) is 0 Å². The molecule has 1 atom stereocenters. The van der Waals surface area contributed by atoms with Crippen LogP contribution in [-0.4, -0.2) is 41.3 Å². The quantitative estimate of drug-likeness (QED) is 0.0540. The standard InChI is InChI=1S/C30H27BrIN5O7S/c1-3-42-29(39)26-17(2)34-30(45)35-27(26)21-9-4-5-10-24(21)43-16-25(38)36-33-14-19-12-22(31)28(23(32)13-19)44-15-18-7-6-8-20(11-18)37(40)41/h4-14,27H,3,15-16H2,1-2H3,(H,36,38)(H2,34,35,45)/t27-/m1/s1. The number of carbonyl (C=O) groups excluding carboxylic acids is 2. The Morgan fingerprint density at radius 2 is 1.96 bits per heavy atom. The van der Waals surface area contributed by atoms with Gasteiger partial charge in [0.25, 0.3) is 11.6 Å². The minimum Gasteiger partial charge on any atom is -0.487 e. The molecule has 3 aromatic rings. The first-order valence-corrected chi connectivity index (χ1v) is 15.7. The molecule has 0 saturated carbocycles. The van der Waals surface area contributed by atoms with E-state index in [0.717, 1.165) is 3.57 Å². The van der Waals surface area contributed by atoms with Gasteiger partial charge in [0, 0.05) is 23.4 Å². The van der Waals surface area contributed by atoms with Crippen molar-refractivity contribution in [3.05, 3.63) is 107 Å². The van der Waals surface area contributed by atoms with E-state index in [1.807, 2.05) is 6.07 Å². The second-order valence-electron chi connectivity index (χ2n) is 9.44. The minimum atomic E-state index is -0.644. The number of nitro benzene ring substituents is 1. The molecule has 15 heteroatoms. The van der Waals surface area contributed by atoms with Crippen LogP contribution in [0.3, 0.4) is 0 Å². The number of carbonyl (C=O) groups is 2. The lowest BCUT2D eigenvalue weighted by atomic mass is 9.95. The maximum absolute atomic E-state index is 12.7. The van der Waals surface area contributed by atoms with Gasteiger partial charge >= 0.3 is 5.97 Å². The number of esters is 1. The molecular formula is C30H27BrIN5O7S. The molecule has 4 rings (SSSR count). The SMILES string of the molecule is CCOC(=O)C1=C(C)NC(=S)N[C@@H]1c1ccccc1OCC(=O)NN=Cc1cc(Br)c(OCc2cccc([N+](=O)[O-])c2)c(I)c1. The summed E-state index contributed by atoms with van der Waals surface area (Å²) >= 11 is 10.9. The van der Waals surface area contributed by atoms with Gasteiger partial charge in [-0.25, -0.2) is 10.2 Å². The predicted octanol–water partition coefficient (Wildman–Crippen LogP) is 5.43. The van der Waals surface area contributed by atoms with Gasteiger partial charge in [0.1, 0.15) is 18.1 Å². The zero-order valence-electron chi connectivity index (χ0n) is 24.0. The van der Waals surface area contributed by atoms with Gasteiger partial charge in [-0.3, -0.25) is 14.9 Å². The summed E-state index contributed by atoms with van der Waals surface area (Å²) in [5.41, 5.74) is 5.30. The van der Waals surface area contributed by atoms with E-state index in [0.29, 0.717) is 49.0 Å². The summed E-state index contributed by atoms with van der Waals surface area (Å²) < 4.78 is 18.4. The number of para-hydroxylation sites is 1. The van der Waals surface area contributed by atoms with Crippen LogP contribution in [0.15, 0.2) is 81.5 Å². The lowest BCUT2D eigenvalue weighted by Crippen LogP contribution is -2.45. The molecule has 1 aliphatic heterocycles. The molecule has 1 heterocycles. The molecule has 0 spiro atoms. The Labute approximate surface area is 286 Å². The van der Waals surface area contributed by atoms with E-state index in [-0.39, 0.29) is 25.5 Å². The van der Waals surface area contributed by atoms with Crippen LogP contribution in [0.1, 0.15) is 36.6 Å². The topological polar surface area (TPSA) is 153 Å². The summed E-state index contributed by atoms with van der Waals surface area (Å²) in [6, 6.07) is 16.2. The number of thiocarbonyl (C=S) groups is 1. The molecule has 45 heavy (non-hydrogen) atoms. The number of hydrogen-bond donors (Lipinski definition) is 3. The van der Waals surface area contributed by atoms with E-state index >= 15 is 0 Å². The Kier molecular flexibility index (Phi) is 11.8. The first-order valence-electron chi connectivity index (χ1n) is 13.4. The summed E-state index contributed by atoms with van der Waals surface area (Å²) in [6.07, 6.45) is 1.47. The average molecular weight is 808 g/mol. The van der Waals surface area contributed by atoms with Gasteiger partial charge in [-0.1, -0.05) is 30.3 Å². The smallest absolute Gasteiger partial charge is 0.338 e. The zero-order chi connectivity index (χ0) is 32.5. The van der Waals surface area contributed by atoms with Crippen molar-refractivity contribution in [2.24, 2.45) is 5.10 Å². The Morgan fingerprint density at radius 1 is 1.18 bits per heavy atom. The highest BCUT2D eigenvalue weighted by Crippen LogP contribution is 2.34. The van der Waals surface area contributed by atoms with Crippen molar-refractivity contribution >= 4 is 79.6 Å². The van der Waals surface area contributed by atoms with Crippen molar-refractivity contribution in [2.45, 2.75) is 26.5 Å². The molecule has 1 aliphatic rings. The van der Waals surface area contributed by atoms with E-state index in [1.165, 1.54) is 18.3 Å². The fraction of sp³-hybridized carbons (Fsp3) is 0.200. The number of rotatable bonds is 12. The highest BCUT2D eigenvalue weighted by molar-refractivity contribution is 14.1. The molecule has 0 unspecified atom stereocenters. The normalized spacial score (nSPS) is 14.4. The van der Waals surface area contributed by atoms with Crippen molar-refractivity contribution < 1.29 is 28.7 Å². The first kappa shape index (κ1) is 33.8. The molecule has 12 nitrogen and oxygen atoms in total. The fourth-order valence-electron chi connectivity index (χ4n) is 4.32. The molecule has 3 N–H and O–H groups in total. The molecule has 0 bridgehead atoms. The number of nitrogens with one attached hydrogen (secondary N) is 3. The molecule has 0 fully saturated rings. The number of nitrogens with zero attached hydrogens (tertiary/aromatic N) is 2. The van der Waals surface area contributed by atoms with Crippen LogP contribution < -0.4 is 25.5 Å². The summed E-state index contributed by atoms with van der Waals surface area (Å²) in [5.74, 6) is -0.0475. The maximum Gasteiger partial charge on any atom is 0.338 e. The monoisotopic (exact) mass is 807 g/mol. The van der Waals surface area contributed by atoms with Crippen molar-refractivity contribution in [1.82, 2.24) is 16.1 Å². The summed E-state index contributed by atoms with van der Waals surface area (Å²) in [6.45, 7) is 3.48. The van der Waals surface area contributed by atoms with Crippen molar-refractivity contribution in [3.8, 4) is 11.5 Å². The third-order valence-electron chi connectivity index (χ3n) is 6.28. The van der Waals surface area contributed by atoms with Gasteiger partial charge in [0.2, 0.25) is 0 Å². The zero-order valence-corrected chi connectivity index (χ0v) is 28.5. The lowest BCUT2D eigenvalue weighted by Gasteiger charge is -2.30. The van der Waals surface area contributed by atoms with Gasteiger partial charge in [0.15, 0.2) is 11.7 Å². The average Bonchev–Trinajstić information content (AvgIpc) is 2.99. The molecule has 3 aromatic carbocycles. The third kappa shape index (κ3) is 8.98. The van der Waals surface area contributed by atoms with Gasteiger partial charge in [-0.05, 0) is 93.9 Å². The summed E-state index contributed by atoms with van der Waals surface area (Å²) in [7, 11) is 0. The van der Waals surface area contributed by atoms with E-state index in [1.54, 1.807) is 56.3 Å². The molecule has 0 saturated heterocycles. The maximum atomic E-state index is 12.7. The molecule has 0 aromatic heterocycles. The highest BCUT2D eigenvalue weighted by Gasteiger charge is 2.32. The summed E-state index contributed by atoms with van der Waals surface area (Å²) in [5, 5.41) is 21.4. The van der Waals surface area contributed by atoms with Gasteiger partial charge in [-0.15, -0.1) is 0 Å². The second-order valence-corrected chi connectivity index (χ2v) is 11.9. The number of hydrogen-bond acceptors (Lipinski definition) is 9. The second kappa shape index (κ2) is 15.8. The minimum absolute atomic E-state index is 0.00751. The number of amides is 1. The summed E-state index contributed by atoms with van der Waals surface area (Å²) in [4.78, 5) is 35.9. The first-order chi connectivity index (χ1) is 21.6. The Morgan fingerprint density at radius 3 is 2.69 bits per heavy atom. The Balaban J connectivity index is 1.37. The van der Waals surface area contributed by atoms with Crippen LogP contribution in [0.4, 0.5) is 5.69 Å². The molecular weight excluding hydrogens is 781 g/mol. The molecule has 1 amide bonds. The largest absolute Gasteiger partial charge is 0.487 e. The Hall–Kier alpha value is -4.09. The van der Waals surface area contributed by atoms with E-state index in [2.05, 4.69) is 59.7 Å². The number of hydrazone groups is 1. The third-order valence-corrected chi connectivity index (χ3v) is 7.89. The van der Waals surface area contributed by atoms with Gasteiger partial charge < -0.3 is 24.8 Å². The van der Waals surface area contributed by atoms with Crippen molar-refractivity contribution in [2.75, 3.05) is 13.2 Å². The number of nitro groups is 1. The predicted molar refractivity (Wildman–Crippen MR) is 183 cm³/mol. The van der Waals surface area contributed by atoms with Crippen LogP contribution in [0.25, 0.3) is 0 Å². The van der Waals surface area contributed by atoms with Crippen molar-refractivity contribution in [3.63, 3.8) is 0 Å². The lowest BCUT2D eigenvalue weighted by molar-refractivity contribution is -0.384. The number of halogens is 2. The molecule has 0 aliphatic carbocycles. The number of non-ortho nitro benzene ring substituents is 1. The highest BCUT2D eigenvalue weighted by atomic mass is 127. The number of allylic oxidation sites excluding steroid dienone is 1.